The Morgan fingerprint density at radius 1 is 0.833 bits per heavy atom. The molecule has 2 aromatic carbocycles. The summed E-state index contributed by atoms with van der Waals surface area (Å²) < 4.78 is 11.3. The molecule has 0 aliphatic heterocycles. The molecule has 0 saturated carbocycles. The Morgan fingerprint density at radius 3 is 1.88 bits per heavy atom. The van der Waals surface area contributed by atoms with E-state index in [1.54, 1.807) is 0 Å². The Bertz CT molecular complexity index is 576. The summed E-state index contributed by atoms with van der Waals surface area (Å²) in [7, 11) is 0. The van der Waals surface area contributed by atoms with Gasteiger partial charge in [-0.3, -0.25) is 0 Å². The Morgan fingerprint density at radius 2 is 1.38 bits per heavy atom. The van der Waals surface area contributed by atoms with E-state index in [2.05, 4.69) is 36.5 Å². The SMILES string of the molecule is CCCCOc1ccc(CNCc2ccc(OC(C)C)cc2)cc1. The van der Waals surface area contributed by atoms with Crippen LogP contribution in [0.3, 0.4) is 0 Å². The first-order valence-electron chi connectivity index (χ1n) is 8.85. The van der Waals surface area contributed by atoms with Crippen LogP contribution in [0.4, 0.5) is 0 Å². The van der Waals surface area contributed by atoms with Crippen LogP contribution in [0.1, 0.15) is 44.7 Å². The summed E-state index contributed by atoms with van der Waals surface area (Å²) in [5.74, 6) is 1.88. The monoisotopic (exact) mass is 327 g/mol. The smallest absolute Gasteiger partial charge is 0.119 e. The molecular weight excluding hydrogens is 298 g/mol. The molecule has 3 heteroatoms. The molecule has 0 spiro atoms. The predicted octanol–water partition coefficient (Wildman–Crippen LogP) is 4.94. The second-order valence-corrected chi connectivity index (χ2v) is 6.26. The molecule has 130 valence electrons. The molecule has 2 aromatic rings. The molecule has 3 nitrogen and oxygen atoms in total. The Hall–Kier alpha value is -2.00. The van der Waals surface area contributed by atoms with E-state index in [9.17, 15) is 0 Å². The molecule has 0 heterocycles. The number of ether oxygens (including phenoxy) is 2. The molecule has 0 aromatic heterocycles. The molecular formula is C21H29NO2. The summed E-state index contributed by atoms with van der Waals surface area (Å²) >= 11 is 0. The maximum Gasteiger partial charge on any atom is 0.119 e. The lowest BCUT2D eigenvalue weighted by Gasteiger charge is -2.11. The second-order valence-electron chi connectivity index (χ2n) is 6.26. The van der Waals surface area contributed by atoms with Crippen LogP contribution in [-0.4, -0.2) is 12.7 Å². The van der Waals surface area contributed by atoms with Crippen molar-refractivity contribution in [2.45, 2.75) is 52.8 Å². The molecule has 0 amide bonds. The molecule has 0 fully saturated rings. The average Bonchev–Trinajstić information content (AvgIpc) is 2.58. The van der Waals surface area contributed by atoms with Gasteiger partial charge in [-0.1, -0.05) is 37.6 Å². The minimum absolute atomic E-state index is 0.211. The van der Waals surface area contributed by atoms with E-state index in [0.717, 1.165) is 44.0 Å². The van der Waals surface area contributed by atoms with Crippen LogP contribution in [-0.2, 0) is 13.1 Å². The van der Waals surface area contributed by atoms with Gasteiger partial charge >= 0.3 is 0 Å². The third-order valence-electron chi connectivity index (χ3n) is 3.64. The first-order chi connectivity index (χ1) is 11.7. The third kappa shape index (κ3) is 6.63. The zero-order valence-corrected chi connectivity index (χ0v) is 15.0. The number of benzene rings is 2. The van der Waals surface area contributed by atoms with E-state index < -0.39 is 0 Å². The van der Waals surface area contributed by atoms with Crippen LogP contribution in [0, 0.1) is 0 Å². The summed E-state index contributed by atoms with van der Waals surface area (Å²) in [5.41, 5.74) is 2.52. The van der Waals surface area contributed by atoms with Crippen molar-refractivity contribution in [1.82, 2.24) is 5.32 Å². The summed E-state index contributed by atoms with van der Waals surface area (Å²) in [4.78, 5) is 0. The minimum Gasteiger partial charge on any atom is -0.494 e. The van der Waals surface area contributed by atoms with Gasteiger partial charge in [0.05, 0.1) is 12.7 Å². The van der Waals surface area contributed by atoms with Crippen molar-refractivity contribution in [2.75, 3.05) is 6.61 Å². The van der Waals surface area contributed by atoms with Crippen molar-refractivity contribution in [3.8, 4) is 11.5 Å². The van der Waals surface area contributed by atoms with E-state index >= 15 is 0 Å². The minimum atomic E-state index is 0.211. The van der Waals surface area contributed by atoms with Gasteiger partial charge in [-0.15, -0.1) is 0 Å². The lowest BCUT2D eigenvalue weighted by Crippen LogP contribution is -2.12. The topological polar surface area (TPSA) is 30.5 Å². The van der Waals surface area contributed by atoms with Gasteiger partial charge in [0.1, 0.15) is 11.5 Å². The van der Waals surface area contributed by atoms with Gasteiger partial charge in [0.25, 0.3) is 0 Å². The van der Waals surface area contributed by atoms with Crippen LogP contribution in [0.2, 0.25) is 0 Å². The van der Waals surface area contributed by atoms with Crippen LogP contribution in [0.15, 0.2) is 48.5 Å². The lowest BCUT2D eigenvalue weighted by atomic mass is 10.2. The molecule has 0 aliphatic carbocycles. The molecule has 24 heavy (non-hydrogen) atoms. The average molecular weight is 327 g/mol. The van der Waals surface area contributed by atoms with E-state index in [1.165, 1.54) is 11.1 Å². The van der Waals surface area contributed by atoms with E-state index in [0.29, 0.717) is 0 Å². The molecule has 0 bridgehead atoms. The number of rotatable bonds is 10. The van der Waals surface area contributed by atoms with Gasteiger partial charge < -0.3 is 14.8 Å². The zero-order chi connectivity index (χ0) is 17.2. The van der Waals surface area contributed by atoms with Gasteiger partial charge in [-0.05, 0) is 55.7 Å². The van der Waals surface area contributed by atoms with Crippen LogP contribution in [0.5, 0.6) is 11.5 Å². The molecule has 0 unspecified atom stereocenters. The molecule has 0 radical (unpaired) electrons. The largest absolute Gasteiger partial charge is 0.494 e. The highest BCUT2D eigenvalue weighted by Gasteiger charge is 1.99. The fraction of sp³-hybridized carbons (Fsp3) is 0.429. The van der Waals surface area contributed by atoms with Gasteiger partial charge in [0, 0.05) is 13.1 Å². The van der Waals surface area contributed by atoms with Gasteiger partial charge in [0.15, 0.2) is 0 Å². The van der Waals surface area contributed by atoms with Crippen LogP contribution >= 0.6 is 0 Å². The third-order valence-corrected chi connectivity index (χ3v) is 3.64. The van der Waals surface area contributed by atoms with E-state index in [-0.39, 0.29) is 6.10 Å². The number of nitrogens with one attached hydrogen (secondary N) is 1. The Kier molecular flexibility index (Phi) is 7.63. The quantitative estimate of drug-likeness (QED) is 0.627. The second kappa shape index (κ2) is 9.99. The predicted molar refractivity (Wildman–Crippen MR) is 99.6 cm³/mol. The summed E-state index contributed by atoms with van der Waals surface area (Å²) in [5, 5.41) is 3.47. The van der Waals surface area contributed by atoms with E-state index in [4.69, 9.17) is 9.47 Å². The van der Waals surface area contributed by atoms with Gasteiger partial charge in [0.2, 0.25) is 0 Å². The summed E-state index contributed by atoms with van der Waals surface area (Å²) in [6.07, 6.45) is 2.47. The van der Waals surface area contributed by atoms with Crippen LogP contribution < -0.4 is 14.8 Å². The van der Waals surface area contributed by atoms with Gasteiger partial charge in [-0.25, -0.2) is 0 Å². The van der Waals surface area contributed by atoms with Crippen molar-refractivity contribution in [3.63, 3.8) is 0 Å². The molecule has 1 N–H and O–H groups in total. The fourth-order valence-corrected chi connectivity index (χ4v) is 2.35. The first kappa shape index (κ1) is 18.3. The number of hydrogen-bond acceptors (Lipinski definition) is 3. The van der Waals surface area contributed by atoms with Crippen molar-refractivity contribution >= 4 is 0 Å². The molecule has 0 saturated heterocycles. The normalized spacial score (nSPS) is 10.8. The standard InChI is InChI=1S/C21H29NO2/c1-4-5-14-23-20-10-6-18(7-11-20)15-22-16-19-8-12-21(13-9-19)24-17(2)3/h6-13,17,22H,4-5,14-16H2,1-3H3. The maximum atomic E-state index is 5.68. The van der Waals surface area contributed by atoms with Crippen molar-refractivity contribution in [1.29, 1.82) is 0 Å². The Balaban J connectivity index is 1.73. The lowest BCUT2D eigenvalue weighted by molar-refractivity contribution is 0.242. The highest BCUT2D eigenvalue weighted by atomic mass is 16.5. The zero-order valence-electron chi connectivity index (χ0n) is 15.0. The van der Waals surface area contributed by atoms with Crippen molar-refractivity contribution in [2.24, 2.45) is 0 Å². The first-order valence-corrected chi connectivity index (χ1v) is 8.85. The summed E-state index contributed by atoms with van der Waals surface area (Å²) in [6.45, 7) is 8.73. The molecule has 2 rings (SSSR count). The Labute approximate surface area is 146 Å². The fourth-order valence-electron chi connectivity index (χ4n) is 2.35. The maximum absolute atomic E-state index is 5.68. The summed E-state index contributed by atoms with van der Waals surface area (Å²) in [6, 6.07) is 16.6. The van der Waals surface area contributed by atoms with E-state index in [1.807, 2.05) is 38.1 Å². The number of unbranched alkanes of at least 4 members (excludes halogenated alkanes) is 1. The van der Waals surface area contributed by atoms with Crippen molar-refractivity contribution in [3.05, 3.63) is 59.7 Å². The highest BCUT2D eigenvalue weighted by molar-refractivity contribution is 5.28. The van der Waals surface area contributed by atoms with Crippen LogP contribution in [0.25, 0.3) is 0 Å². The van der Waals surface area contributed by atoms with Crippen molar-refractivity contribution < 1.29 is 9.47 Å². The molecule has 0 atom stereocenters. The highest BCUT2D eigenvalue weighted by Crippen LogP contribution is 2.15. The molecule has 0 aliphatic rings. The number of hydrogen-bond donors (Lipinski definition) is 1. The van der Waals surface area contributed by atoms with Gasteiger partial charge in [-0.2, -0.15) is 0 Å².